The molecule has 0 amide bonds. The highest BCUT2D eigenvalue weighted by molar-refractivity contribution is 4.89. The highest BCUT2D eigenvalue weighted by atomic mass is 16.3. The zero-order valence-electron chi connectivity index (χ0n) is 9.63. The van der Waals surface area contributed by atoms with Gasteiger partial charge in [-0.1, -0.05) is 6.92 Å². The smallest absolute Gasteiger partial charge is 0.0860 e. The molecule has 0 saturated carbocycles. The average Bonchev–Trinajstić information content (AvgIpc) is 2.76. The van der Waals surface area contributed by atoms with Gasteiger partial charge in [-0.15, -0.1) is 12.3 Å². The lowest BCUT2D eigenvalue weighted by atomic mass is 10.1. The van der Waals surface area contributed by atoms with Crippen LogP contribution in [-0.2, 0) is 6.54 Å². The molecule has 1 aromatic rings. The molecule has 2 atom stereocenters. The molecule has 0 bridgehead atoms. The highest BCUT2D eigenvalue weighted by Gasteiger charge is 2.08. The lowest BCUT2D eigenvalue weighted by Crippen LogP contribution is -2.36. The van der Waals surface area contributed by atoms with Gasteiger partial charge in [-0.25, -0.2) is 0 Å². The number of aromatic nitrogens is 2. The lowest BCUT2D eigenvalue weighted by molar-refractivity contribution is 0.142. The van der Waals surface area contributed by atoms with E-state index in [-0.39, 0.29) is 6.04 Å². The average molecular weight is 221 g/mol. The predicted molar refractivity (Wildman–Crippen MR) is 63.8 cm³/mol. The Morgan fingerprint density at radius 3 is 3.00 bits per heavy atom. The second kappa shape index (κ2) is 7.04. The van der Waals surface area contributed by atoms with Crippen LogP contribution in [-0.4, -0.2) is 33.6 Å². The van der Waals surface area contributed by atoms with Crippen LogP contribution < -0.4 is 5.32 Å². The van der Waals surface area contributed by atoms with Crippen LogP contribution in [0, 0.1) is 12.3 Å². The molecule has 1 rings (SSSR count). The van der Waals surface area contributed by atoms with Crippen LogP contribution in [0.1, 0.15) is 19.8 Å². The largest absolute Gasteiger partial charge is 0.390 e. The summed E-state index contributed by atoms with van der Waals surface area (Å²) in [5.41, 5.74) is 0. The predicted octanol–water partition coefficient (Wildman–Crippen LogP) is 0.635. The molecule has 88 valence electrons. The first-order chi connectivity index (χ1) is 7.76. The van der Waals surface area contributed by atoms with Gasteiger partial charge in [-0.3, -0.25) is 4.68 Å². The van der Waals surface area contributed by atoms with E-state index in [9.17, 15) is 5.11 Å². The Hall–Kier alpha value is -1.31. The maximum absolute atomic E-state index is 9.76. The minimum Gasteiger partial charge on any atom is -0.390 e. The fourth-order valence-electron chi connectivity index (χ4n) is 1.49. The van der Waals surface area contributed by atoms with E-state index in [1.807, 2.05) is 12.3 Å². The van der Waals surface area contributed by atoms with Crippen LogP contribution in [0.2, 0.25) is 0 Å². The van der Waals surface area contributed by atoms with Crippen molar-refractivity contribution >= 4 is 0 Å². The molecule has 0 radical (unpaired) electrons. The SMILES string of the molecule is C#CCC(CC)NCC(O)Cn1cccn1. The van der Waals surface area contributed by atoms with Crippen molar-refractivity contribution in [1.29, 1.82) is 0 Å². The van der Waals surface area contributed by atoms with Crippen molar-refractivity contribution in [2.24, 2.45) is 0 Å². The number of hydrogen-bond donors (Lipinski definition) is 2. The van der Waals surface area contributed by atoms with Gasteiger partial charge in [-0.05, 0) is 12.5 Å². The minimum atomic E-state index is -0.438. The molecule has 0 saturated heterocycles. The first-order valence-electron chi connectivity index (χ1n) is 5.58. The summed E-state index contributed by atoms with van der Waals surface area (Å²) in [6.45, 7) is 3.13. The van der Waals surface area contributed by atoms with E-state index in [4.69, 9.17) is 6.42 Å². The van der Waals surface area contributed by atoms with Gasteiger partial charge < -0.3 is 10.4 Å². The van der Waals surface area contributed by atoms with Crippen LogP contribution in [0.4, 0.5) is 0 Å². The van der Waals surface area contributed by atoms with Crippen LogP contribution in [0.5, 0.6) is 0 Å². The van der Waals surface area contributed by atoms with Gasteiger partial charge in [0.2, 0.25) is 0 Å². The molecule has 4 heteroatoms. The maximum Gasteiger partial charge on any atom is 0.0860 e. The number of nitrogens with one attached hydrogen (secondary N) is 1. The number of rotatable bonds is 7. The van der Waals surface area contributed by atoms with E-state index in [1.165, 1.54) is 0 Å². The summed E-state index contributed by atoms with van der Waals surface area (Å²) < 4.78 is 1.72. The van der Waals surface area contributed by atoms with Crippen LogP contribution >= 0.6 is 0 Å². The first kappa shape index (κ1) is 12.8. The van der Waals surface area contributed by atoms with Gasteiger partial charge in [0, 0.05) is 31.4 Å². The second-order valence-corrected chi connectivity index (χ2v) is 3.80. The summed E-state index contributed by atoms with van der Waals surface area (Å²) in [5, 5.41) is 17.0. The Kier molecular flexibility index (Phi) is 5.62. The molecule has 0 aliphatic rings. The maximum atomic E-state index is 9.76. The van der Waals surface area contributed by atoms with Gasteiger partial charge in [-0.2, -0.15) is 5.10 Å². The number of aliphatic hydroxyl groups is 1. The number of aliphatic hydroxyl groups excluding tert-OH is 1. The van der Waals surface area contributed by atoms with Crippen molar-refractivity contribution in [1.82, 2.24) is 15.1 Å². The van der Waals surface area contributed by atoms with Gasteiger partial charge in [0.15, 0.2) is 0 Å². The molecule has 16 heavy (non-hydrogen) atoms. The quantitative estimate of drug-likeness (QED) is 0.664. The monoisotopic (exact) mass is 221 g/mol. The van der Waals surface area contributed by atoms with Crippen molar-refractivity contribution in [2.75, 3.05) is 6.54 Å². The topological polar surface area (TPSA) is 50.1 Å². The van der Waals surface area contributed by atoms with Gasteiger partial charge in [0.25, 0.3) is 0 Å². The van der Waals surface area contributed by atoms with E-state index in [1.54, 1.807) is 10.9 Å². The number of hydrogen-bond acceptors (Lipinski definition) is 3. The fraction of sp³-hybridized carbons (Fsp3) is 0.583. The molecule has 0 aliphatic carbocycles. The normalized spacial score (nSPS) is 14.3. The third-order valence-electron chi connectivity index (χ3n) is 2.46. The molecule has 0 aliphatic heterocycles. The van der Waals surface area contributed by atoms with E-state index >= 15 is 0 Å². The van der Waals surface area contributed by atoms with Crippen molar-refractivity contribution in [3.05, 3.63) is 18.5 Å². The van der Waals surface area contributed by atoms with Crippen molar-refractivity contribution in [3.8, 4) is 12.3 Å². The highest BCUT2D eigenvalue weighted by Crippen LogP contribution is 1.97. The Bertz CT molecular complexity index is 316. The van der Waals surface area contributed by atoms with Crippen molar-refractivity contribution < 1.29 is 5.11 Å². The van der Waals surface area contributed by atoms with Crippen LogP contribution in [0.15, 0.2) is 18.5 Å². The molecule has 1 heterocycles. The van der Waals surface area contributed by atoms with E-state index in [2.05, 4.69) is 23.3 Å². The molecule has 2 N–H and O–H groups in total. The van der Waals surface area contributed by atoms with E-state index in [0.717, 1.165) is 6.42 Å². The molecule has 0 spiro atoms. The Balaban J connectivity index is 2.24. The van der Waals surface area contributed by atoms with E-state index in [0.29, 0.717) is 19.5 Å². The Labute approximate surface area is 96.7 Å². The second-order valence-electron chi connectivity index (χ2n) is 3.80. The lowest BCUT2D eigenvalue weighted by Gasteiger charge is -2.17. The van der Waals surface area contributed by atoms with E-state index < -0.39 is 6.10 Å². The number of terminal acetylenes is 1. The standard InChI is InChI=1S/C12H19N3O/c1-3-6-11(4-2)13-9-12(16)10-15-8-5-7-14-15/h1,5,7-8,11-13,16H,4,6,9-10H2,2H3. The van der Waals surface area contributed by atoms with Crippen molar-refractivity contribution in [3.63, 3.8) is 0 Å². The molecule has 1 aromatic heterocycles. The molecule has 2 unspecified atom stereocenters. The summed E-state index contributed by atoms with van der Waals surface area (Å²) in [6.07, 6.45) is 10.0. The summed E-state index contributed by atoms with van der Waals surface area (Å²) >= 11 is 0. The molecule has 0 aromatic carbocycles. The van der Waals surface area contributed by atoms with Gasteiger partial charge >= 0.3 is 0 Å². The molecular formula is C12H19N3O. The van der Waals surface area contributed by atoms with Crippen molar-refractivity contribution in [2.45, 2.75) is 38.5 Å². The van der Waals surface area contributed by atoms with Gasteiger partial charge in [0.05, 0.1) is 12.6 Å². The minimum absolute atomic E-state index is 0.289. The summed E-state index contributed by atoms with van der Waals surface area (Å²) in [4.78, 5) is 0. The third kappa shape index (κ3) is 4.47. The molecular weight excluding hydrogens is 202 g/mol. The fourth-order valence-corrected chi connectivity index (χ4v) is 1.49. The Morgan fingerprint density at radius 1 is 1.62 bits per heavy atom. The summed E-state index contributed by atoms with van der Waals surface area (Å²) in [7, 11) is 0. The van der Waals surface area contributed by atoms with Crippen LogP contribution in [0.25, 0.3) is 0 Å². The zero-order chi connectivity index (χ0) is 11.8. The number of nitrogens with zero attached hydrogens (tertiary/aromatic N) is 2. The first-order valence-corrected chi connectivity index (χ1v) is 5.58. The summed E-state index contributed by atoms with van der Waals surface area (Å²) in [6, 6.07) is 2.13. The third-order valence-corrected chi connectivity index (χ3v) is 2.46. The Morgan fingerprint density at radius 2 is 2.44 bits per heavy atom. The molecule has 0 fully saturated rings. The van der Waals surface area contributed by atoms with Gasteiger partial charge in [0.1, 0.15) is 0 Å². The van der Waals surface area contributed by atoms with Crippen LogP contribution in [0.3, 0.4) is 0 Å². The summed E-state index contributed by atoms with van der Waals surface area (Å²) in [5.74, 6) is 2.63. The zero-order valence-corrected chi connectivity index (χ0v) is 9.63. The molecule has 4 nitrogen and oxygen atoms in total.